The standard InChI is InChI=1S/C30H28O17/c1-38-11-24(31)42-14-27(34)45-18-6-4-17(5-7-18)20-10-41-21-9-23(47-29(36)16-44-26(33)13-40-3)22(8-19(21)30(20)37)46-28(35)15-43-25(32)12-39-2/h4-10H,11-16H2,1-3H3. The minimum atomic E-state index is -1.10. The normalized spacial score (nSPS) is 10.5. The number of carbonyl (C=O) groups is 6. The van der Waals surface area contributed by atoms with Crippen LogP contribution in [-0.2, 0) is 57.2 Å². The van der Waals surface area contributed by atoms with Crippen molar-refractivity contribution in [3.63, 3.8) is 0 Å². The summed E-state index contributed by atoms with van der Waals surface area (Å²) in [6.45, 7) is -3.48. The van der Waals surface area contributed by atoms with Gasteiger partial charge in [0.15, 0.2) is 31.3 Å². The van der Waals surface area contributed by atoms with Gasteiger partial charge >= 0.3 is 35.8 Å². The molecule has 3 rings (SSSR count). The smallest absolute Gasteiger partial charge is 0.349 e. The summed E-state index contributed by atoms with van der Waals surface area (Å²) < 4.78 is 49.1. The number of hydrogen-bond acceptors (Lipinski definition) is 17. The maximum atomic E-state index is 13.5. The Morgan fingerprint density at radius 2 is 1.02 bits per heavy atom. The number of rotatable bonds is 16. The van der Waals surface area contributed by atoms with Crippen LogP contribution in [0.15, 0.2) is 51.9 Å². The molecule has 0 unspecified atom stereocenters. The number of methoxy groups -OCH3 is 3. The predicted octanol–water partition coefficient (Wildman–Crippen LogP) is 0.745. The van der Waals surface area contributed by atoms with Gasteiger partial charge in [-0.2, -0.15) is 0 Å². The molecule has 0 atom stereocenters. The molecule has 0 aliphatic heterocycles. The fraction of sp³-hybridized carbons (Fsp3) is 0.300. The zero-order chi connectivity index (χ0) is 34.3. The van der Waals surface area contributed by atoms with Gasteiger partial charge in [0.1, 0.15) is 37.4 Å². The van der Waals surface area contributed by atoms with Crippen LogP contribution in [0, 0.1) is 0 Å². The fourth-order valence-electron chi connectivity index (χ4n) is 3.56. The van der Waals surface area contributed by atoms with E-state index in [1.54, 1.807) is 0 Å². The number of esters is 6. The maximum Gasteiger partial charge on any atom is 0.349 e. The van der Waals surface area contributed by atoms with E-state index in [0.29, 0.717) is 5.56 Å². The highest BCUT2D eigenvalue weighted by Gasteiger charge is 2.21. The van der Waals surface area contributed by atoms with E-state index in [0.717, 1.165) is 18.4 Å². The van der Waals surface area contributed by atoms with Crippen LogP contribution < -0.4 is 19.6 Å². The van der Waals surface area contributed by atoms with E-state index in [1.807, 2.05) is 0 Å². The van der Waals surface area contributed by atoms with Crippen LogP contribution in [0.4, 0.5) is 0 Å². The molecule has 0 saturated carbocycles. The molecule has 0 bridgehead atoms. The molecule has 0 aliphatic rings. The number of fused-ring (bicyclic) bond motifs is 1. The second-order valence-electron chi connectivity index (χ2n) is 9.00. The van der Waals surface area contributed by atoms with Gasteiger partial charge in [-0.25, -0.2) is 28.8 Å². The minimum absolute atomic E-state index is 0.0458. The van der Waals surface area contributed by atoms with E-state index in [-0.39, 0.29) is 28.9 Å². The van der Waals surface area contributed by atoms with Gasteiger partial charge in [0.2, 0.25) is 5.43 Å². The lowest BCUT2D eigenvalue weighted by atomic mass is 10.1. The molecule has 0 saturated heterocycles. The molecule has 0 fully saturated rings. The van der Waals surface area contributed by atoms with Crippen LogP contribution in [0.5, 0.6) is 17.2 Å². The summed E-state index contributed by atoms with van der Waals surface area (Å²) in [6.07, 6.45) is 1.13. The third-order valence-electron chi connectivity index (χ3n) is 5.52. The molecular weight excluding hydrogens is 632 g/mol. The average Bonchev–Trinajstić information content (AvgIpc) is 3.03. The van der Waals surface area contributed by atoms with Gasteiger partial charge in [0.05, 0.1) is 10.9 Å². The number of carbonyl (C=O) groups excluding carboxylic acids is 6. The van der Waals surface area contributed by atoms with Crippen LogP contribution in [0.25, 0.3) is 22.1 Å². The van der Waals surface area contributed by atoms with Gasteiger partial charge in [-0.3, -0.25) is 4.79 Å². The molecule has 0 aliphatic carbocycles. The Morgan fingerprint density at radius 1 is 0.574 bits per heavy atom. The van der Waals surface area contributed by atoms with Crippen LogP contribution in [0.2, 0.25) is 0 Å². The van der Waals surface area contributed by atoms with Crippen molar-refractivity contribution in [2.75, 3.05) is 61.0 Å². The Balaban J connectivity index is 1.86. The summed E-state index contributed by atoms with van der Waals surface area (Å²) in [7, 11) is 3.79. The first-order valence-corrected chi connectivity index (χ1v) is 13.3. The predicted molar refractivity (Wildman–Crippen MR) is 153 cm³/mol. The zero-order valence-electron chi connectivity index (χ0n) is 25.2. The van der Waals surface area contributed by atoms with Gasteiger partial charge in [-0.15, -0.1) is 0 Å². The largest absolute Gasteiger partial charge is 0.463 e. The van der Waals surface area contributed by atoms with Crippen molar-refractivity contribution in [1.82, 2.24) is 0 Å². The summed E-state index contributed by atoms with van der Waals surface area (Å²) in [4.78, 5) is 84.6. The van der Waals surface area contributed by atoms with E-state index in [1.165, 1.54) is 45.6 Å². The molecule has 3 aromatic rings. The van der Waals surface area contributed by atoms with Crippen LogP contribution in [-0.4, -0.2) is 96.8 Å². The molecule has 250 valence electrons. The lowest BCUT2D eigenvalue weighted by Crippen LogP contribution is -2.23. The Morgan fingerprint density at radius 3 is 1.49 bits per heavy atom. The molecule has 17 nitrogen and oxygen atoms in total. The molecule has 0 amide bonds. The highest BCUT2D eigenvalue weighted by atomic mass is 16.6. The van der Waals surface area contributed by atoms with E-state index >= 15 is 0 Å². The SMILES string of the molecule is COCC(=O)OCC(=O)Oc1ccc(-c2coc3cc(OC(=O)COC(=O)COC)c(OC(=O)COC(=O)COC)cc3c2=O)cc1. The topological polar surface area (TPSA) is 216 Å². The maximum absolute atomic E-state index is 13.5. The summed E-state index contributed by atoms with van der Waals surface area (Å²) >= 11 is 0. The van der Waals surface area contributed by atoms with Crippen molar-refractivity contribution in [2.45, 2.75) is 0 Å². The van der Waals surface area contributed by atoms with Crippen molar-refractivity contribution in [3.8, 4) is 28.4 Å². The monoisotopic (exact) mass is 660 g/mol. The fourth-order valence-corrected chi connectivity index (χ4v) is 3.56. The summed E-state index contributed by atoms with van der Waals surface area (Å²) in [6, 6.07) is 7.83. The Bertz CT molecular complexity index is 1670. The Hall–Kier alpha value is -5.65. The summed E-state index contributed by atoms with van der Waals surface area (Å²) in [5, 5.41) is -0.110. The second kappa shape index (κ2) is 17.7. The number of ether oxygens (including phenoxy) is 9. The van der Waals surface area contributed by atoms with Crippen LogP contribution in [0.1, 0.15) is 0 Å². The molecule has 0 radical (unpaired) electrons. The van der Waals surface area contributed by atoms with E-state index < -0.39 is 85.8 Å². The van der Waals surface area contributed by atoms with Gasteiger partial charge in [-0.1, -0.05) is 12.1 Å². The molecule has 1 heterocycles. The first-order valence-electron chi connectivity index (χ1n) is 13.3. The van der Waals surface area contributed by atoms with Gasteiger partial charge in [0, 0.05) is 27.4 Å². The molecule has 1 aromatic heterocycles. The zero-order valence-corrected chi connectivity index (χ0v) is 25.2. The third-order valence-corrected chi connectivity index (χ3v) is 5.52. The van der Waals surface area contributed by atoms with Crippen LogP contribution >= 0.6 is 0 Å². The van der Waals surface area contributed by atoms with E-state index in [9.17, 15) is 33.6 Å². The Kier molecular flexibility index (Phi) is 13.5. The van der Waals surface area contributed by atoms with E-state index in [2.05, 4.69) is 14.2 Å². The van der Waals surface area contributed by atoms with Gasteiger partial charge in [0.25, 0.3) is 0 Å². The first kappa shape index (κ1) is 35.8. The summed E-state index contributed by atoms with van der Waals surface area (Å²) in [5.41, 5.74) is -0.303. The molecule has 0 N–H and O–H groups in total. The van der Waals surface area contributed by atoms with Crippen molar-refractivity contribution in [2.24, 2.45) is 0 Å². The van der Waals surface area contributed by atoms with Gasteiger partial charge < -0.3 is 47.0 Å². The van der Waals surface area contributed by atoms with Crippen molar-refractivity contribution >= 4 is 46.8 Å². The molecule has 2 aromatic carbocycles. The lowest BCUT2D eigenvalue weighted by molar-refractivity contribution is -0.157. The van der Waals surface area contributed by atoms with Crippen molar-refractivity contribution in [1.29, 1.82) is 0 Å². The molecular formula is C30H28O17. The van der Waals surface area contributed by atoms with Gasteiger partial charge in [-0.05, 0) is 23.8 Å². The minimum Gasteiger partial charge on any atom is -0.463 e. The highest BCUT2D eigenvalue weighted by Crippen LogP contribution is 2.33. The third kappa shape index (κ3) is 11.0. The first-order chi connectivity index (χ1) is 22.5. The van der Waals surface area contributed by atoms with Crippen molar-refractivity contribution in [3.05, 3.63) is 52.9 Å². The molecule has 0 spiro atoms. The molecule has 47 heavy (non-hydrogen) atoms. The summed E-state index contributed by atoms with van der Waals surface area (Å²) in [5.74, 6) is -6.22. The van der Waals surface area contributed by atoms with Crippen LogP contribution in [0.3, 0.4) is 0 Å². The Labute approximate surface area is 265 Å². The van der Waals surface area contributed by atoms with E-state index in [4.69, 9.17) is 32.8 Å². The van der Waals surface area contributed by atoms with Crippen molar-refractivity contribution < 1.29 is 75.8 Å². The average molecular weight is 661 g/mol. The number of hydrogen-bond donors (Lipinski definition) is 0. The lowest BCUT2D eigenvalue weighted by Gasteiger charge is -2.12. The quantitative estimate of drug-likeness (QED) is 0.118. The molecule has 17 heteroatoms. The second-order valence-corrected chi connectivity index (χ2v) is 9.00. The number of benzene rings is 2. The highest BCUT2D eigenvalue weighted by molar-refractivity contribution is 5.88.